The van der Waals surface area contributed by atoms with E-state index in [0.29, 0.717) is 11.1 Å². The van der Waals surface area contributed by atoms with Gasteiger partial charge >= 0.3 is 0 Å². The van der Waals surface area contributed by atoms with Crippen molar-refractivity contribution in [1.82, 2.24) is 0 Å². The SMILES string of the molecule is [2H]c1c([2H])c([2H])c(-c2c([2H])c(C(C)(C)C)c([2H])c([2H])c2Nc2c([2H])c([2H])c3c(c2[2H])C(C)(C)CCC3(C)C)c([2H])c1[2H]. The summed E-state index contributed by atoms with van der Waals surface area (Å²) in [4.78, 5) is 0. The van der Waals surface area contributed by atoms with E-state index in [2.05, 4.69) is 5.32 Å². The summed E-state index contributed by atoms with van der Waals surface area (Å²) in [5.74, 6) is 0. The molecule has 0 unspecified atom stereocenters. The quantitative estimate of drug-likeness (QED) is 0.445. The smallest absolute Gasteiger partial charge is 0.0648 e. The number of hydrogen-bond donors (Lipinski definition) is 1. The highest BCUT2D eigenvalue weighted by Crippen LogP contribution is 2.47. The molecule has 1 aliphatic carbocycles. The number of anilines is 2. The van der Waals surface area contributed by atoms with E-state index in [9.17, 15) is 2.74 Å². The van der Waals surface area contributed by atoms with Crippen LogP contribution in [-0.4, -0.2) is 0 Å². The summed E-state index contributed by atoms with van der Waals surface area (Å²) >= 11 is 0. The first-order chi connectivity index (χ1) is 19.1. The predicted molar refractivity (Wildman–Crippen MR) is 136 cm³/mol. The van der Waals surface area contributed by atoms with Crippen LogP contribution in [0.5, 0.6) is 0 Å². The van der Waals surface area contributed by atoms with Crippen molar-refractivity contribution >= 4 is 11.4 Å². The molecule has 0 heterocycles. The molecule has 1 N–H and O–H groups in total. The topological polar surface area (TPSA) is 12.0 Å². The van der Waals surface area contributed by atoms with Gasteiger partial charge in [0.15, 0.2) is 0 Å². The number of hydrogen-bond acceptors (Lipinski definition) is 1. The third-order valence-electron chi connectivity index (χ3n) is 6.10. The van der Waals surface area contributed by atoms with Crippen LogP contribution in [0.15, 0.2) is 66.5 Å². The molecule has 0 amide bonds. The van der Waals surface area contributed by atoms with Gasteiger partial charge in [-0.25, -0.2) is 0 Å². The van der Waals surface area contributed by atoms with Gasteiger partial charge in [0.25, 0.3) is 0 Å². The van der Waals surface area contributed by atoms with Gasteiger partial charge in [0.2, 0.25) is 0 Å². The molecule has 3 aromatic rings. The molecule has 4 rings (SSSR count). The first-order valence-corrected chi connectivity index (χ1v) is 10.7. The van der Waals surface area contributed by atoms with Gasteiger partial charge in [0, 0.05) is 16.9 Å². The second-order valence-electron chi connectivity index (χ2n) is 10.6. The van der Waals surface area contributed by atoms with Gasteiger partial charge in [-0.3, -0.25) is 0 Å². The Morgan fingerprint density at radius 1 is 0.774 bits per heavy atom. The number of nitrogens with one attached hydrogen (secondary N) is 1. The van der Waals surface area contributed by atoms with Crippen LogP contribution >= 0.6 is 0 Å². The molecule has 1 heteroatoms. The van der Waals surface area contributed by atoms with Crippen molar-refractivity contribution in [2.45, 2.75) is 77.6 Å². The Bertz CT molecular complexity index is 1620. The second kappa shape index (κ2) is 7.55. The normalized spacial score (nSPS) is 22.1. The Morgan fingerprint density at radius 3 is 2.06 bits per heavy atom. The van der Waals surface area contributed by atoms with E-state index >= 15 is 0 Å². The first kappa shape index (κ1) is 11.9. The highest BCUT2D eigenvalue weighted by atomic mass is 14.9. The maximum atomic E-state index is 9.24. The summed E-state index contributed by atoms with van der Waals surface area (Å²) in [6.45, 7) is 13.3. The van der Waals surface area contributed by atoms with E-state index < -0.39 is 52.5 Å². The molecule has 31 heavy (non-hydrogen) atoms. The van der Waals surface area contributed by atoms with Crippen LogP contribution in [0.25, 0.3) is 11.1 Å². The largest absolute Gasteiger partial charge is 0.355 e. The van der Waals surface area contributed by atoms with Crippen molar-refractivity contribution in [1.29, 1.82) is 0 Å². The molecule has 0 radical (unpaired) electrons. The Balaban J connectivity index is 2.18. The Morgan fingerprint density at radius 2 is 1.42 bits per heavy atom. The molecule has 0 saturated carbocycles. The molecule has 0 fully saturated rings. The summed E-state index contributed by atoms with van der Waals surface area (Å²) in [5, 5.41) is 2.94. The minimum atomic E-state index is -0.804. The lowest BCUT2D eigenvalue weighted by Gasteiger charge is -2.42. The molecular weight excluding hydrogens is 374 g/mol. The van der Waals surface area contributed by atoms with Crippen molar-refractivity contribution in [2.75, 3.05) is 5.32 Å². The molecule has 0 atom stereocenters. The monoisotopic (exact) mass is 422 g/mol. The molecular formula is C30H37N. The van der Waals surface area contributed by atoms with Crippen molar-refractivity contribution in [3.8, 4) is 11.1 Å². The summed E-state index contributed by atoms with van der Waals surface area (Å²) in [6.07, 6.45) is 1.53. The van der Waals surface area contributed by atoms with Gasteiger partial charge in [0.05, 0.1) is 15.1 Å². The first-order valence-electron chi connectivity index (χ1n) is 16.2. The zero-order chi connectivity index (χ0) is 32.0. The third-order valence-corrected chi connectivity index (χ3v) is 6.10. The Kier molecular flexibility index (Phi) is 2.90. The van der Waals surface area contributed by atoms with E-state index in [1.54, 1.807) is 20.8 Å². The fourth-order valence-electron chi connectivity index (χ4n) is 3.92. The maximum Gasteiger partial charge on any atom is 0.0648 e. The number of fused-ring (bicyclic) bond motifs is 1. The summed E-state index contributed by atoms with van der Waals surface area (Å²) < 4.78 is 96.0. The Hall–Kier alpha value is -2.54. The van der Waals surface area contributed by atoms with E-state index in [4.69, 9.17) is 12.3 Å². The van der Waals surface area contributed by atoms with E-state index in [1.807, 2.05) is 27.7 Å². The molecule has 0 spiro atoms. The molecule has 0 bridgehead atoms. The molecule has 1 aliphatic rings. The maximum absolute atomic E-state index is 9.24. The molecule has 0 saturated heterocycles. The van der Waals surface area contributed by atoms with Crippen LogP contribution in [0.2, 0.25) is 0 Å². The van der Waals surface area contributed by atoms with Crippen molar-refractivity contribution in [3.63, 3.8) is 0 Å². The van der Waals surface area contributed by atoms with Crippen molar-refractivity contribution < 1.29 is 15.1 Å². The van der Waals surface area contributed by atoms with E-state index in [-0.39, 0.29) is 58.3 Å². The minimum Gasteiger partial charge on any atom is -0.355 e. The Labute approximate surface area is 204 Å². The van der Waals surface area contributed by atoms with Crippen molar-refractivity contribution in [3.05, 3.63) is 83.2 Å². The third kappa shape index (κ3) is 4.28. The van der Waals surface area contributed by atoms with Crippen LogP contribution in [0.1, 0.15) is 93.1 Å². The second-order valence-corrected chi connectivity index (χ2v) is 10.6. The zero-order valence-electron chi connectivity index (χ0n) is 30.4. The standard InChI is InChI=1S/C30H37N/c1-28(2,3)22-13-16-27(24(19-22)21-11-9-8-10-12-21)31-23-14-15-25-26(20-23)30(6,7)18-17-29(25,4)5/h8-16,19-20,31H,17-18H2,1-7H3/i8D,9D,10D,11D,12D,13D,14D,15D,16D,19D,20D. The fraction of sp³-hybridized carbons (Fsp3) is 0.400. The van der Waals surface area contributed by atoms with Crippen molar-refractivity contribution in [2.24, 2.45) is 0 Å². The van der Waals surface area contributed by atoms with Crippen LogP contribution in [0.4, 0.5) is 11.4 Å². The molecule has 0 aromatic heterocycles. The highest BCUT2D eigenvalue weighted by molar-refractivity contribution is 5.82. The number of benzene rings is 3. The average Bonchev–Trinajstić information content (AvgIpc) is 2.87. The predicted octanol–water partition coefficient (Wildman–Crippen LogP) is 8.74. The van der Waals surface area contributed by atoms with Crippen LogP contribution < -0.4 is 5.32 Å². The van der Waals surface area contributed by atoms with Gasteiger partial charge in [-0.15, -0.1) is 0 Å². The zero-order valence-corrected chi connectivity index (χ0v) is 19.4. The van der Waals surface area contributed by atoms with Gasteiger partial charge in [0.1, 0.15) is 0 Å². The fourth-order valence-corrected chi connectivity index (χ4v) is 3.92. The lowest BCUT2D eigenvalue weighted by atomic mass is 9.63. The number of rotatable bonds is 3. The summed E-state index contributed by atoms with van der Waals surface area (Å²) in [7, 11) is 0. The lowest BCUT2D eigenvalue weighted by molar-refractivity contribution is 0.332. The molecule has 1 nitrogen and oxygen atoms in total. The van der Waals surface area contributed by atoms with Gasteiger partial charge in [-0.1, -0.05) is 90.8 Å². The summed E-state index contributed by atoms with van der Waals surface area (Å²) in [5.41, 5.74) is -1.13. The van der Waals surface area contributed by atoms with Crippen LogP contribution in [-0.2, 0) is 16.2 Å². The lowest BCUT2D eigenvalue weighted by Crippen LogP contribution is -2.33. The van der Waals surface area contributed by atoms with Gasteiger partial charge in [-0.05, 0) is 75.5 Å². The highest BCUT2D eigenvalue weighted by Gasteiger charge is 2.37. The molecule has 0 aliphatic heterocycles. The molecule has 3 aromatic carbocycles. The summed E-state index contributed by atoms with van der Waals surface area (Å²) in [6, 6.07) is -4.30. The molecule has 162 valence electrons. The van der Waals surface area contributed by atoms with Crippen LogP contribution in [0, 0.1) is 0 Å². The minimum absolute atomic E-state index is 0.0341. The van der Waals surface area contributed by atoms with Crippen LogP contribution in [0.3, 0.4) is 0 Å². The van der Waals surface area contributed by atoms with Gasteiger partial charge < -0.3 is 5.32 Å². The van der Waals surface area contributed by atoms with E-state index in [1.165, 1.54) is 0 Å². The van der Waals surface area contributed by atoms with E-state index in [0.717, 1.165) is 12.8 Å². The average molecular weight is 423 g/mol. The van der Waals surface area contributed by atoms with Gasteiger partial charge in [-0.2, -0.15) is 0 Å².